The number of benzene rings is 1. The van der Waals surface area contributed by atoms with Gasteiger partial charge < -0.3 is 5.11 Å². The summed E-state index contributed by atoms with van der Waals surface area (Å²) >= 11 is 0. The first-order chi connectivity index (χ1) is 13.2. The van der Waals surface area contributed by atoms with Gasteiger partial charge in [-0.05, 0) is 43.0 Å². The van der Waals surface area contributed by atoms with Crippen molar-refractivity contribution in [1.82, 2.24) is 24.9 Å². The molecule has 1 saturated carbocycles. The van der Waals surface area contributed by atoms with Gasteiger partial charge in [-0.1, -0.05) is 18.2 Å². The SMILES string of the molecule is C[C@@H](O)[C@H](NS(=O)(=O)c1ccccc1)c1nnn(CC2CCC(F)(F)CC2)n1. The highest BCUT2D eigenvalue weighted by molar-refractivity contribution is 7.89. The predicted molar refractivity (Wildman–Crippen MR) is 95.9 cm³/mol. The van der Waals surface area contributed by atoms with E-state index >= 15 is 0 Å². The number of aromatic nitrogens is 4. The summed E-state index contributed by atoms with van der Waals surface area (Å²) in [5.74, 6) is -2.58. The van der Waals surface area contributed by atoms with Gasteiger partial charge in [-0.15, -0.1) is 10.2 Å². The van der Waals surface area contributed by atoms with Crippen LogP contribution in [0.15, 0.2) is 35.2 Å². The Hall–Kier alpha value is -1.98. The summed E-state index contributed by atoms with van der Waals surface area (Å²) < 4.78 is 54.0. The fourth-order valence-corrected chi connectivity index (χ4v) is 4.46. The molecule has 1 aliphatic carbocycles. The summed E-state index contributed by atoms with van der Waals surface area (Å²) in [6.07, 6.45) is -0.697. The molecule has 154 valence electrons. The number of rotatable bonds is 7. The van der Waals surface area contributed by atoms with Crippen LogP contribution in [0.5, 0.6) is 0 Å². The maximum absolute atomic E-state index is 13.3. The standard InChI is InChI=1S/C17H23F2N5O3S/c1-12(25)15(22-28(26,27)14-5-3-2-4-6-14)16-20-23-24(21-16)11-13-7-9-17(18,19)10-8-13/h2-6,12-13,15,22,25H,7-11H2,1H3/t12-,15+/m1/s1. The summed E-state index contributed by atoms with van der Waals surface area (Å²) in [6.45, 7) is 1.74. The monoisotopic (exact) mass is 415 g/mol. The molecule has 2 N–H and O–H groups in total. The Bertz CT molecular complexity index is 879. The normalized spacial score (nSPS) is 20.0. The molecule has 1 aromatic carbocycles. The minimum atomic E-state index is -3.89. The van der Waals surface area contributed by atoms with Gasteiger partial charge in [0, 0.05) is 12.8 Å². The van der Waals surface area contributed by atoms with E-state index in [1.807, 2.05) is 0 Å². The fourth-order valence-electron chi connectivity index (χ4n) is 3.17. The zero-order chi connectivity index (χ0) is 20.4. The smallest absolute Gasteiger partial charge is 0.248 e. The quantitative estimate of drug-likeness (QED) is 0.715. The molecule has 8 nitrogen and oxygen atoms in total. The molecule has 3 rings (SSSR count). The lowest BCUT2D eigenvalue weighted by Crippen LogP contribution is -2.36. The molecule has 0 bridgehead atoms. The van der Waals surface area contributed by atoms with Gasteiger partial charge in [0.15, 0.2) is 5.82 Å². The van der Waals surface area contributed by atoms with E-state index in [4.69, 9.17) is 0 Å². The number of aliphatic hydroxyl groups excluding tert-OH is 1. The summed E-state index contributed by atoms with van der Waals surface area (Å²) in [5.41, 5.74) is 0. The van der Waals surface area contributed by atoms with Crippen LogP contribution in [0.4, 0.5) is 8.78 Å². The van der Waals surface area contributed by atoms with Gasteiger partial charge in [0.2, 0.25) is 15.9 Å². The third kappa shape index (κ3) is 5.09. The highest BCUT2D eigenvalue weighted by atomic mass is 32.2. The highest BCUT2D eigenvalue weighted by Gasteiger charge is 2.35. The van der Waals surface area contributed by atoms with E-state index in [2.05, 4.69) is 20.1 Å². The van der Waals surface area contributed by atoms with E-state index in [9.17, 15) is 22.3 Å². The number of nitrogens with one attached hydrogen (secondary N) is 1. The van der Waals surface area contributed by atoms with Crippen LogP contribution in [-0.4, -0.2) is 45.8 Å². The van der Waals surface area contributed by atoms with E-state index < -0.39 is 28.1 Å². The largest absolute Gasteiger partial charge is 0.391 e. The van der Waals surface area contributed by atoms with Gasteiger partial charge in [-0.2, -0.15) is 9.52 Å². The topological polar surface area (TPSA) is 110 Å². The van der Waals surface area contributed by atoms with Gasteiger partial charge in [-0.3, -0.25) is 0 Å². The summed E-state index contributed by atoms with van der Waals surface area (Å²) in [7, 11) is -3.89. The first-order valence-electron chi connectivity index (χ1n) is 9.07. The van der Waals surface area contributed by atoms with E-state index in [-0.39, 0.29) is 29.5 Å². The third-order valence-corrected chi connectivity index (χ3v) is 6.28. The molecule has 0 spiro atoms. The van der Waals surface area contributed by atoms with Gasteiger partial charge in [0.1, 0.15) is 6.04 Å². The average Bonchev–Trinajstić information content (AvgIpc) is 3.10. The lowest BCUT2D eigenvalue weighted by molar-refractivity contribution is -0.0480. The number of alkyl halides is 2. The van der Waals surface area contributed by atoms with Crippen molar-refractivity contribution in [2.75, 3.05) is 0 Å². The molecule has 0 amide bonds. The number of aliphatic hydroxyl groups is 1. The molecule has 1 aromatic heterocycles. The summed E-state index contributed by atoms with van der Waals surface area (Å²) in [6, 6.07) is 6.66. The van der Waals surface area contributed by atoms with Crippen molar-refractivity contribution >= 4 is 10.0 Å². The predicted octanol–water partition coefficient (Wildman–Crippen LogP) is 1.90. The molecule has 0 saturated heterocycles. The van der Waals surface area contributed by atoms with Gasteiger partial charge in [-0.25, -0.2) is 17.2 Å². The molecule has 0 aliphatic heterocycles. The second-order valence-electron chi connectivity index (χ2n) is 7.15. The summed E-state index contributed by atoms with van der Waals surface area (Å²) in [4.78, 5) is 1.33. The number of halogens is 2. The first-order valence-corrected chi connectivity index (χ1v) is 10.6. The maximum Gasteiger partial charge on any atom is 0.248 e. The van der Waals surface area contributed by atoms with Crippen molar-refractivity contribution in [3.63, 3.8) is 0 Å². The number of hydrogen-bond acceptors (Lipinski definition) is 6. The van der Waals surface area contributed by atoms with Crippen LogP contribution in [0.25, 0.3) is 0 Å². The minimum Gasteiger partial charge on any atom is -0.391 e. The van der Waals surface area contributed by atoms with Gasteiger partial charge in [0.25, 0.3) is 0 Å². The van der Waals surface area contributed by atoms with Crippen molar-refractivity contribution < 1.29 is 22.3 Å². The fraction of sp³-hybridized carbons (Fsp3) is 0.588. The molecule has 1 heterocycles. The van der Waals surface area contributed by atoms with Gasteiger partial charge >= 0.3 is 0 Å². The Balaban J connectivity index is 1.70. The van der Waals surface area contributed by atoms with Crippen LogP contribution in [0.3, 0.4) is 0 Å². The molecule has 0 radical (unpaired) electrons. The Morgan fingerprint density at radius 1 is 1.29 bits per heavy atom. The maximum atomic E-state index is 13.3. The van der Waals surface area contributed by atoms with Crippen LogP contribution in [0, 0.1) is 5.92 Å². The molecular formula is C17H23F2N5O3S. The van der Waals surface area contributed by atoms with E-state index in [0.717, 1.165) is 0 Å². The molecule has 1 aliphatic rings. The number of nitrogens with zero attached hydrogens (tertiary/aromatic N) is 4. The Morgan fingerprint density at radius 2 is 1.93 bits per heavy atom. The average molecular weight is 415 g/mol. The second-order valence-corrected chi connectivity index (χ2v) is 8.87. The van der Waals surface area contributed by atoms with E-state index in [0.29, 0.717) is 19.4 Å². The molecular weight excluding hydrogens is 392 g/mol. The zero-order valence-corrected chi connectivity index (χ0v) is 16.2. The Labute approximate surface area is 162 Å². The van der Waals surface area contributed by atoms with Crippen LogP contribution in [0.2, 0.25) is 0 Å². The number of sulfonamides is 1. The molecule has 11 heteroatoms. The van der Waals surface area contributed by atoms with E-state index in [1.165, 1.54) is 23.9 Å². The third-order valence-electron chi connectivity index (χ3n) is 4.82. The molecule has 0 unspecified atom stereocenters. The highest BCUT2D eigenvalue weighted by Crippen LogP contribution is 2.36. The van der Waals surface area contributed by atoms with Crippen molar-refractivity contribution in [3.8, 4) is 0 Å². The van der Waals surface area contributed by atoms with Crippen molar-refractivity contribution in [1.29, 1.82) is 0 Å². The lowest BCUT2D eigenvalue weighted by Gasteiger charge is -2.27. The molecule has 1 fully saturated rings. The van der Waals surface area contributed by atoms with Crippen molar-refractivity contribution in [2.24, 2.45) is 5.92 Å². The van der Waals surface area contributed by atoms with Crippen LogP contribution < -0.4 is 4.72 Å². The van der Waals surface area contributed by atoms with Crippen LogP contribution >= 0.6 is 0 Å². The molecule has 2 aromatic rings. The van der Waals surface area contributed by atoms with Crippen LogP contribution in [0.1, 0.15) is 44.5 Å². The first kappa shape index (κ1) is 20.7. The molecule has 28 heavy (non-hydrogen) atoms. The zero-order valence-electron chi connectivity index (χ0n) is 15.4. The number of hydrogen-bond donors (Lipinski definition) is 2. The summed E-state index contributed by atoms with van der Waals surface area (Å²) in [5, 5.41) is 21.9. The van der Waals surface area contributed by atoms with Gasteiger partial charge in [0.05, 0.1) is 17.5 Å². The Morgan fingerprint density at radius 3 is 2.54 bits per heavy atom. The lowest BCUT2D eigenvalue weighted by atomic mass is 9.87. The second kappa shape index (κ2) is 8.18. The van der Waals surface area contributed by atoms with Crippen LogP contribution in [-0.2, 0) is 16.6 Å². The Kier molecular flexibility index (Phi) is 6.06. The van der Waals surface area contributed by atoms with Crippen molar-refractivity contribution in [2.45, 2.75) is 62.1 Å². The minimum absolute atomic E-state index is 0.00712. The van der Waals surface area contributed by atoms with Crippen molar-refractivity contribution in [3.05, 3.63) is 36.2 Å². The number of tetrazole rings is 1. The van der Waals surface area contributed by atoms with E-state index in [1.54, 1.807) is 18.2 Å². The molecule has 2 atom stereocenters.